The summed E-state index contributed by atoms with van der Waals surface area (Å²) < 4.78 is 2.07. The molecule has 0 spiro atoms. The Balaban J connectivity index is 1.39. The zero-order valence-electron chi connectivity index (χ0n) is 14.9. The molecule has 1 saturated heterocycles. The number of amides is 1. The maximum absolute atomic E-state index is 12.9. The molecule has 25 heavy (non-hydrogen) atoms. The molecule has 134 valence electrons. The van der Waals surface area contributed by atoms with Crippen LogP contribution < -0.4 is 0 Å². The van der Waals surface area contributed by atoms with Gasteiger partial charge in [-0.25, -0.2) is 0 Å². The Morgan fingerprint density at radius 3 is 2.72 bits per heavy atom. The van der Waals surface area contributed by atoms with Crippen molar-refractivity contribution in [2.45, 2.75) is 57.9 Å². The molecule has 0 bridgehead atoms. The minimum Gasteiger partial charge on any atom is -0.338 e. The second-order valence-electron chi connectivity index (χ2n) is 7.39. The Morgan fingerprint density at radius 1 is 1.24 bits per heavy atom. The van der Waals surface area contributed by atoms with E-state index >= 15 is 0 Å². The number of aromatic nitrogens is 3. The molecule has 6 heteroatoms. The number of carbonyl (C=O) groups is 1. The van der Waals surface area contributed by atoms with Crippen LogP contribution >= 0.6 is 11.3 Å². The summed E-state index contributed by atoms with van der Waals surface area (Å²) in [5, 5.41) is 7.78. The summed E-state index contributed by atoms with van der Waals surface area (Å²) in [6.45, 7) is 3.91. The predicted molar refractivity (Wildman–Crippen MR) is 98.9 cm³/mol. The highest BCUT2D eigenvalue weighted by Crippen LogP contribution is 2.35. The van der Waals surface area contributed by atoms with Crippen LogP contribution in [-0.4, -0.2) is 38.7 Å². The maximum Gasteiger partial charge on any atom is 0.263 e. The van der Waals surface area contributed by atoms with Gasteiger partial charge in [0.2, 0.25) is 0 Å². The van der Waals surface area contributed by atoms with Crippen LogP contribution in [0.4, 0.5) is 0 Å². The van der Waals surface area contributed by atoms with Crippen molar-refractivity contribution in [1.82, 2.24) is 19.7 Å². The first-order valence-corrected chi connectivity index (χ1v) is 10.3. The number of thiophene rings is 1. The molecule has 0 radical (unpaired) electrons. The number of piperidine rings is 1. The lowest BCUT2D eigenvalue weighted by atomic mass is 9.85. The molecule has 0 aromatic carbocycles. The smallest absolute Gasteiger partial charge is 0.263 e. The highest BCUT2D eigenvalue weighted by molar-refractivity contribution is 7.14. The van der Waals surface area contributed by atoms with Gasteiger partial charge in [0.15, 0.2) is 0 Å². The van der Waals surface area contributed by atoms with E-state index in [0.717, 1.165) is 43.1 Å². The van der Waals surface area contributed by atoms with Gasteiger partial charge in [-0.1, -0.05) is 19.8 Å². The summed E-state index contributed by atoms with van der Waals surface area (Å²) in [5.74, 6) is 1.04. The van der Waals surface area contributed by atoms with E-state index in [4.69, 9.17) is 0 Å². The van der Waals surface area contributed by atoms with E-state index in [2.05, 4.69) is 27.8 Å². The molecule has 2 aromatic heterocycles. The number of carbonyl (C=O) groups excluding carboxylic acids is 1. The number of aryl methyl sites for hydroxylation is 1. The fourth-order valence-corrected chi connectivity index (χ4v) is 5.46. The molecule has 2 aliphatic rings. The topological polar surface area (TPSA) is 51.0 Å². The van der Waals surface area contributed by atoms with Gasteiger partial charge in [0, 0.05) is 24.0 Å². The van der Waals surface area contributed by atoms with Gasteiger partial charge < -0.3 is 9.47 Å². The fraction of sp³-hybridized carbons (Fsp3) is 0.632. The average molecular weight is 359 g/mol. The molecule has 4 rings (SSSR count). The molecular weight excluding hydrogens is 332 g/mol. The molecule has 1 atom stereocenters. The molecule has 1 fully saturated rings. The highest BCUT2D eigenvalue weighted by atomic mass is 32.1. The first-order valence-electron chi connectivity index (χ1n) is 9.49. The van der Waals surface area contributed by atoms with E-state index in [1.54, 1.807) is 24.0 Å². The average Bonchev–Trinajstić information content (AvgIpc) is 3.31. The van der Waals surface area contributed by atoms with E-state index in [0.29, 0.717) is 6.04 Å². The van der Waals surface area contributed by atoms with Crippen LogP contribution in [-0.2, 0) is 12.8 Å². The number of likely N-dealkylation sites (tertiary alicyclic amines) is 1. The van der Waals surface area contributed by atoms with Crippen LogP contribution in [0.2, 0.25) is 0 Å². The van der Waals surface area contributed by atoms with Crippen LogP contribution in [0.25, 0.3) is 0 Å². The van der Waals surface area contributed by atoms with Crippen LogP contribution in [0.3, 0.4) is 0 Å². The number of hydrogen-bond donors (Lipinski definition) is 0. The molecule has 5 nitrogen and oxygen atoms in total. The van der Waals surface area contributed by atoms with Crippen molar-refractivity contribution in [2.75, 3.05) is 13.1 Å². The third-order valence-electron chi connectivity index (χ3n) is 5.70. The predicted octanol–water partition coefficient (Wildman–Crippen LogP) is 3.72. The zero-order valence-corrected chi connectivity index (χ0v) is 15.7. The lowest BCUT2D eigenvalue weighted by Gasteiger charge is -2.32. The lowest BCUT2D eigenvalue weighted by molar-refractivity contribution is 0.0699. The van der Waals surface area contributed by atoms with Crippen molar-refractivity contribution in [1.29, 1.82) is 0 Å². The summed E-state index contributed by atoms with van der Waals surface area (Å²) in [7, 11) is 0. The molecule has 0 saturated carbocycles. The van der Waals surface area contributed by atoms with Gasteiger partial charge >= 0.3 is 0 Å². The van der Waals surface area contributed by atoms with E-state index < -0.39 is 0 Å². The van der Waals surface area contributed by atoms with Crippen molar-refractivity contribution >= 4 is 17.2 Å². The highest BCUT2D eigenvalue weighted by Gasteiger charge is 2.28. The summed E-state index contributed by atoms with van der Waals surface area (Å²) in [5.41, 5.74) is 1.44. The maximum atomic E-state index is 12.9. The van der Waals surface area contributed by atoms with Gasteiger partial charge in [-0.2, -0.15) is 0 Å². The number of hydrogen-bond acceptors (Lipinski definition) is 4. The second kappa shape index (κ2) is 7.28. The Labute approximate surface area is 153 Å². The molecule has 2 aromatic rings. The van der Waals surface area contributed by atoms with Gasteiger partial charge in [-0.15, -0.1) is 21.5 Å². The van der Waals surface area contributed by atoms with Crippen molar-refractivity contribution in [3.05, 3.63) is 34.0 Å². The minimum absolute atomic E-state index is 0.230. The van der Waals surface area contributed by atoms with Crippen LogP contribution in [0.15, 0.2) is 18.7 Å². The van der Waals surface area contributed by atoms with Gasteiger partial charge in [0.25, 0.3) is 5.91 Å². The summed E-state index contributed by atoms with van der Waals surface area (Å²) in [6, 6.07) is 2.61. The van der Waals surface area contributed by atoms with Crippen LogP contribution in [0.5, 0.6) is 0 Å². The number of rotatable bonds is 4. The second-order valence-corrected chi connectivity index (χ2v) is 8.53. The Hall–Kier alpha value is -1.69. The quantitative estimate of drug-likeness (QED) is 0.837. The van der Waals surface area contributed by atoms with Gasteiger partial charge in [-0.05, 0) is 49.7 Å². The van der Waals surface area contributed by atoms with Gasteiger partial charge in [0.1, 0.15) is 12.7 Å². The van der Waals surface area contributed by atoms with Crippen LogP contribution in [0, 0.1) is 5.92 Å². The monoisotopic (exact) mass is 358 g/mol. The van der Waals surface area contributed by atoms with E-state index in [1.807, 2.05) is 4.90 Å². The SMILES string of the molecule is CCC[C@H]1CCc2sc(C(=O)N3CCC(n4cnnc4)CC3)cc2C1. The fourth-order valence-electron chi connectivity index (χ4n) is 4.28. The minimum atomic E-state index is 0.230. The molecular formula is C19H26N4OS. The van der Waals surface area contributed by atoms with Gasteiger partial charge in [-0.3, -0.25) is 4.79 Å². The number of nitrogens with zero attached hydrogens (tertiary/aromatic N) is 4. The molecule has 0 unspecified atom stereocenters. The van der Waals surface area contributed by atoms with Crippen LogP contribution in [0.1, 0.15) is 65.2 Å². The summed E-state index contributed by atoms with van der Waals surface area (Å²) in [6.07, 6.45) is 11.7. The Bertz CT molecular complexity index is 716. The summed E-state index contributed by atoms with van der Waals surface area (Å²) >= 11 is 1.74. The summed E-state index contributed by atoms with van der Waals surface area (Å²) in [4.78, 5) is 17.4. The first-order chi connectivity index (χ1) is 12.2. The lowest BCUT2D eigenvalue weighted by Crippen LogP contribution is -2.38. The standard InChI is InChI=1S/C19H26N4OS/c1-2-3-14-4-5-17-15(10-14)11-18(25-17)19(24)22-8-6-16(7-9-22)23-12-20-21-13-23/h11-14,16H,2-10H2,1H3/t14-/m0/s1. The van der Waals surface area contributed by atoms with E-state index in [1.165, 1.54) is 36.1 Å². The zero-order chi connectivity index (χ0) is 17.2. The van der Waals surface area contributed by atoms with Crippen molar-refractivity contribution in [2.24, 2.45) is 5.92 Å². The van der Waals surface area contributed by atoms with Gasteiger partial charge in [0.05, 0.1) is 4.88 Å². The Kier molecular flexibility index (Phi) is 4.88. The van der Waals surface area contributed by atoms with Crippen molar-refractivity contribution in [3.63, 3.8) is 0 Å². The number of fused-ring (bicyclic) bond motifs is 1. The first kappa shape index (κ1) is 16.8. The largest absolute Gasteiger partial charge is 0.338 e. The van der Waals surface area contributed by atoms with Crippen molar-refractivity contribution < 1.29 is 4.79 Å². The van der Waals surface area contributed by atoms with Crippen molar-refractivity contribution in [3.8, 4) is 0 Å². The molecule has 1 aliphatic heterocycles. The van der Waals surface area contributed by atoms with E-state index in [-0.39, 0.29) is 5.91 Å². The molecule has 3 heterocycles. The third kappa shape index (κ3) is 3.50. The molecule has 1 aliphatic carbocycles. The third-order valence-corrected chi connectivity index (χ3v) is 6.93. The molecule has 0 N–H and O–H groups in total. The van der Waals surface area contributed by atoms with E-state index in [9.17, 15) is 4.79 Å². The Morgan fingerprint density at radius 2 is 2.00 bits per heavy atom. The molecule has 1 amide bonds. The normalized spacial score (nSPS) is 21.3.